The average molecular weight is 156 g/mol. The number of carbonyl (C=O) groups is 1. The van der Waals surface area contributed by atoms with Gasteiger partial charge in [-0.3, -0.25) is 4.79 Å². The van der Waals surface area contributed by atoms with E-state index in [2.05, 4.69) is 0 Å². The topological polar surface area (TPSA) is 64.3 Å². The SMILES string of the molecule is C[C@H](CO)N(C)C(=O)CC#N. The van der Waals surface area contributed by atoms with Crippen molar-refractivity contribution >= 4 is 5.91 Å². The monoisotopic (exact) mass is 156 g/mol. The summed E-state index contributed by atoms with van der Waals surface area (Å²) in [5.74, 6) is -0.256. The number of likely N-dealkylation sites (N-methyl/N-ethyl adjacent to an activating group) is 1. The molecule has 0 unspecified atom stereocenters. The normalized spacial score (nSPS) is 11.8. The molecule has 1 N–H and O–H groups in total. The number of nitriles is 1. The van der Waals surface area contributed by atoms with Crippen molar-refractivity contribution < 1.29 is 9.90 Å². The first-order valence-corrected chi connectivity index (χ1v) is 3.37. The molecule has 0 aliphatic rings. The van der Waals surface area contributed by atoms with Crippen LogP contribution in [0.25, 0.3) is 0 Å². The Kier molecular flexibility index (Phi) is 4.23. The molecule has 0 heterocycles. The lowest BCUT2D eigenvalue weighted by Gasteiger charge is -2.21. The summed E-state index contributed by atoms with van der Waals surface area (Å²) in [6.45, 7) is 1.64. The largest absolute Gasteiger partial charge is 0.394 e. The summed E-state index contributed by atoms with van der Waals surface area (Å²) in [6.07, 6.45) is -0.124. The Morgan fingerprint density at radius 3 is 2.73 bits per heavy atom. The molecule has 0 aliphatic carbocycles. The lowest BCUT2D eigenvalue weighted by Crippen LogP contribution is -2.36. The summed E-state index contributed by atoms with van der Waals surface area (Å²) < 4.78 is 0. The maximum Gasteiger partial charge on any atom is 0.236 e. The van der Waals surface area contributed by atoms with Crippen molar-refractivity contribution in [2.45, 2.75) is 19.4 Å². The van der Waals surface area contributed by atoms with Gasteiger partial charge in [0.25, 0.3) is 0 Å². The van der Waals surface area contributed by atoms with Gasteiger partial charge in [0.05, 0.1) is 18.7 Å². The molecule has 0 bridgehead atoms. The van der Waals surface area contributed by atoms with Gasteiger partial charge in [0.1, 0.15) is 6.42 Å². The number of amides is 1. The predicted molar refractivity (Wildman–Crippen MR) is 39.5 cm³/mol. The first-order valence-electron chi connectivity index (χ1n) is 3.37. The molecule has 0 spiro atoms. The molecule has 4 heteroatoms. The minimum atomic E-state index is -0.256. The summed E-state index contributed by atoms with van der Waals surface area (Å²) in [6, 6.07) is 1.54. The van der Waals surface area contributed by atoms with E-state index in [-0.39, 0.29) is 25.0 Å². The van der Waals surface area contributed by atoms with Gasteiger partial charge in [0.2, 0.25) is 5.91 Å². The highest BCUT2D eigenvalue weighted by atomic mass is 16.3. The lowest BCUT2D eigenvalue weighted by molar-refractivity contribution is -0.131. The van der Waals surface area contributed by atoms with Crippen LogP contribution in [0.1, 0.15) is 13.3 Å². The quantitative estimate of drug-likeness (QED) is 0.612. The number of aliphatic hydroxyl groups is 1. The standard InChI is InChI=1S/C7H12N2O2/c1-6(5-10)9(2)7(11)3-4-8/h6,10H,3,5H2,1-2H3/t6-/m1/s1. The Morgan fingerprint density at radius 1 is 1.82 bits per heavy atom. The average Bonchev–Trinajstić information content (AvgIpc) is 2.02. The van der Waals surface area contributed by atoms with Crippen LogP contribution in [0.5, 0.6) is 0 Å². The van der Waals surface area contributed by atoms with Crippen LogP contribution in [-0.4, -0.2) is 35.6 Å². The van der Waals surface area contributed by atoms with E-state index in [0.717, 1.165) is 0 Å². The fourth-order valence-corrected chi connectivity index (χ4v) is 0.561. The van der Waals surface area contributed by atoms with Gasteiger partial charge in [-0.05, 0) is 6.92 Å². The van der Waals surface area contributed by atoms with E-state index in [4.69, 9.17) is 10.4 Å². The van der Waals surface area contributed by atoms with E-state index in [1.54, 1.807) is 20.0 Å². The zero-order chi connectivity index (χ0) is 8.85. The van der Waals surface area contributed by atoms with Gasteiger partial charge in [0, 0.05) is 7.05 Å². The molecular weight excluding hydrogens is 144 g/mol. The van der Waals surface area contributed by atoms with Crippen molar-refractivity contribution in [3.8, 4) is 6.07 Å². The molecule has 0 aromatic heterocycles. The molecule has 0 saturated heterocycles. The van der Waals surface area contributed by atoms with Crippen LogP contribution in [0.15, 0.2) is 0 Å². The van der Waals surface area contributed by atoms with Crippen LogP contribution in [0, 0.1) is 11.3 Å². The summed E-state index contributed by atoms with van der Waals surface area (Å²) in [5.41, 5.74) is 0. The van der Waals surface area contributed by atoms with E-state index in [1.807, 2.05) is 0 Å². The van der Waals surface area contributed by atoms with Gasteiger partial charge in [0.15, 0.2) is 0 Å². The first kappa shape index (κ1) is 9.92. The summed E-state index contributed by atoms with van der Waals surface area (Å²) in [7, 11) is 1.57. The molecule has 0 fully saturated rings. The molecule has 0 aromatic carbocycles. The molecule has 4 nitrogen and oxygen atoms in total. The highest BCUT2D eigenvalue weighted by molar-refractivity contribution is 5.78. The van der Waals surface area contributed by atoms with Crippen molar-refractivity contribution in [1.29, 1.82) is 5.26 Å². The third kappa shape index (κ3) is 3.01. The zero-order valence-electron chi connectivity index (χ0n) is 6.74. The van der Waals surface area contributed by atoms with Crippen molar-refractivity contribution in [3.05, 3.63) is 0 Å². The second-order valence-electron chi connectivity index (χ2n) is 2.37. The number of rotatable bonds is 3. The molecular formula is C7H12N2O2. The van der Waals surface area contributed by atoms with Crippen LogP contribution in [0.3, 0.4) is 0 Å². The van der Waals surface area contributed by atoms with E-state index < -0.39 is 0 Å². The van der Waals surface area contributed by atoms with Gasteiger partial charge in [-0.25, -0.2) is 0 Å². The molecule has 1 atom stereocenters. The Balaban J connectivity index is 3.93. The van der Waals surface area contributed by atoms with Crippen LogP contribution in [0.4, 0.5) is 0 Å². The molecule has 0 saturated carbocycles. The smallest absolute Gasteiger partial charge is 0.236 e. The van der Waals surface area contributed by atoms with Crippen molar-refractivity contribution in [2.24, 2.45) is 0 Å². The number of nitrogens with zero attached hydrogens (tertiary/aromatic N) is 2. The van der Waals surface area contributed by atoms with E-state index >= 15 is 0 Å². The molecule has 0 radical (unpaired) electrons. The predicted octanol–water partition coefficient (Wildman–Crippen LogP) is -0.261. The molecule has 0 aliphatic heterocycles. The molecule has 0 aromatic rings. The van der Waals surface area contributed by atoms with E-state index in [1.165, 1.54) is 4.90 Å². The Morgan fingerprint density at radius 2 is 2.36 bits per heavy atom. The van der Waals surface area contributed by atoms with Gasteiger partial charge >= 0.3 is 0 Å². The van der Waals surface area contributed by atoms with Gasteiger partial charge in [-0.2, -0.15) is 5.26 Å². The first-order chi connectivity index (χ1) is 5.13. The molecule has 0 rings (SSSR count). The van der Waals surface area contributed by atoms with Crippen LogP contribution >= 0.6 is 0 Å². The second kappa shape index (κ2) is 4.69. The zero-order valence-corrected chi connectivity index (χ0v) is 6.74. The van der Waals surface area contributed by atoms with Crippen LogP contribution < -0.4 is 0 Å². The van der Waals surface area contributed by atoms with Gasteiger partial charge in [-0.15, -0.1) is 0 Å². The second-order valence-corrected chi connectivity index (χ2v) is 2.37. The molecule has 11 heavy (non-hydrogen) atoms. The highest BCUT2D eigenvalue weighted by Gasteiger charge is 2.13. The maximum atomic E-state index is 10.9. The summed E-state index contributed by atoms with van der Waals surface area (Å²) in [5, 5.41) is 16.8. The summed E-state index contributed by atoms with van der Waals surface area (Å²) >= 11 is 0. The fourth-order valence-electron chi connectivity index (χ4n) is 0.561. The Hall–Kier alpha value is -1.08. The van der Waals surface area contributed by atoms with Crippen molar-refractivity contribution in [2.75, 3.05) is 13.7 Å². The Bertz CT molecular complexity index is 174. The minimum Gasteiger partial charge on any atom is -0.394 e. The molecule has 1 amide bonds. The number of carbonyl (C=O) groups excluding carboxylic acids is 1. The third-order valence-corrected chi connectivity index (χ3v) is 1.55. The van der Waals surface area contributed by atoms with Crippen LogP contribution in [0.2, 0.25) is 0 Å². The maximum absolute atomic E-state index is 10.9. The Labute approximate surface area is 66.0 Å². The van der Waals surface area contributed by atoms with E-state index in [9.17, 15) is 4.79 Å². The van der Waals surface area contributed by atoms with Crippen LogP contribution in [-0.2, 0) is 4.79 Å². The number of hydrogen-bond donors (Lipinski definition) is 1. The minimum absolute atomic E-state index is 0.0757. The molecule has 62 valence electrons. The number of aliphatic hydroxyl groups excluding tert-OH is 1. The van der Waals surface area contributed by atoms with Crippen molar-refractivity contribution in [1.82, 2.24) is 4.90 Å². The van der Waals surface area contributed by atoms with E-state index in [0.29, 0.717) is 0 Å². The van der Waals surface area contributed by atoms with Gasteiger partial charge in [-0.1, -0.05) is 0 Å². The number of hydrogen-bond acceptors (Lipinski definition) is 3. The third-order valence-electron chi connectivity index (χ3n) is 1.55. The highest BCUT2D eigenvalue weighted by Crippen LogP contribution is 1.96. The lowest BCUT2D eigenvalue weighted by atomic mass is 10.3. The fraction of sp³-hybridized carbons (Fsp3) is 0.714. The van der Waals surface area contributed by atoms with Crippen molar-refractivity contribution in [3.63, 3.8) is 0 Å². The summed E-state index contributed by atoms with van der Waals surface area (Å²) in [4.78, 5) is 12.3. The van der Waals surface area contributed by atoms with Gasteiger partial charge < -0.3 is 10.0 Å².